The van der Waals surface area contributed by atoms with E-state index in [1.54, 1.807) is 38.2 Å². The van der Waals surface area contributed by atoms with E-state index in [9.17, 15) is 9.59 Å². The van der Waals surface area contributed by atoms with Crippen LogP contribution in [-0.2, 0) is 7.05 Å². The molecule has 5 heteroatoms. The number of hydrogen-bond acceptors (Lipinski definition) is 3. The van der Waals surface area contributed by atoms with Crippen molar-refractivity contribution in [2.75, 3.05) is 5.32 Å². The van der Waals surface area contributed by atoms with Crippen molar-refractivity contribution in [2.45, 2.75) is 13.8 Å². The van der Waals surface area contributed by atoms with Crippen LogP contribution >= 0.6 is 0 Å². The zero-order valence-electron chi connectivity index (χ0n) is 11.1. The number of rotatable bonds is 3. The second kappa shape index (κ2) is 5.06. The van der Waals surface area contributed by atoms with Crippen LogP contribution in [-0.4, -0.2) is 22.0 Å². The summed E-state index contributed by atoms with van der Waals surface area (Å²) in [5.41, 5.74) is 3.22. The van der Waals surface area contributed by atoms with Crippen molar-refractivity contribution >= 4 is 17.9 Å². The lowest BCUT2D eigenvalue weighted by molar-refractivity contribution is 0.101. The lowest BCUT2D eigenvalue weighted by Gasteiger charge is -2.09. The Balaban J connectivity index is 2.29. The van der Waals surface area contributed by atoms with Gasteiger partial charge in [0.1, 0.15) is 12.0 Å². The molecule has 0 aliphatic carbocycles. The Morgan fingerprint density at radius 2 is 2.11 bits per heavy atom. The number of aldehydes is 1. The quantitative estimate of drug-likeness (QED) is 0.856. The second-order valence-electron chi connectivity index (χ2n) is 4.39. The first-order valence-corrected chi connectivity index (χ1v) is 5.89. The van der Waals surface area contributed by atoms with Crippen molar-refractivity contribution in [2.24, 2.45) is 7.05 Å². The maximum Gasteiger partial charge on any atom is 0.273 e. The summed E-state index contributed by atoms with van der Waals surface area (Å²) in [5.74, 6) is -0.241. The normalized spacial score (nSPS) is 10.3. The SMILES string of the molecule is Cc1cc(C(=O)Nc2cccc(C=O)c2C)n(C)n1. The average molecular weight is 257 g/mol. The predicted octanol–water partition coefficient (Wildman–Crippen LogP) is 2.10. The van der Waals surface area contributed by atoms with Gasteiger partial charge in [-0.05, 0) is 31.5 Å². The van der Waals surface area contributed by atoms with Crippen molar-refractivity contribution in [3.05, 3.63) is 46.8 Å². The van der Waals surface area contributed by atoms with E-state index in [2.05, 4.69) is 10.4 Å². The van der Waals surface area contributed by atoms with Gasteiger partial charge in [0, 0.05) is 18.3 Å². The van der Waals surface area contributed by atoms with Crippen molar-refractivity contribution in [3.63, 3.8) is 0 Å². The molecule has 1 aromatic heterocycles. The zero-order valence-corrected chi connectivity index (χ0v) is 11.1. The first kappa shape index (κ1) is 13.0. The van der Waals surface area contributed by atoms with E-state index < -0.39 is 0 Å². The molecular formula is C14H15N3O2. The lowest BCUT2D eigenvalue weighted by atomic mass is 10.1. The number of hydrogen-bond donors (Lipinski definition) is 1. The highest BCUT2D eigenvalue weighted by atomic mass is 16.2. The molecular weight excluding hydrogens is 242 g/mol. The van der Waals surface area contributed by atoms with Crippen LogP contribution in [0.5, 0.6) is 0 Å². The number of nitrogens with one attached hydrogen (secondary N) is 1. The molecule has 0 unspecified atom stereocenters. The molecule has 98 valence electrons. The largest absolute Gasteiger partial charge is 0.320 e. The van der Waals surface area contributed by atoms with Crippen LogP contribution < -0.4 is 5.32 Å². The van der Waals surface area contributed by atoms with E-state index in [1.807, 2.05) is 6.92 Å². The molecule has 0 fully saturated rings. The molecule has 0 radical (unpaired) electrons. The highest BCUT2D eigenvalue weighted by molar-refractivity contribution is 6.04. The molecule has 0 aliphatic rings. The Bertz CT molecular complexity index is 644. The van der Waals surface area contributed by atoms with Crippen molar-refractivity contribution in [1.29, 1.82) is 0 Å². The average Bonchev–Trinajstić information content (AvgIpc) is 2.71. The van der Waals surface area contributed by atoms with E-state index in [1.165, 1.54) is 4.68 Å². The van der Waals surface area contributed by atoms with Crippen molar-refractivity contribution in [3.8, 4) is 0 Å². The van der Waals surface area contributed by atoms with Gasteiger partial charge in [0.2, 0.25) is 0 Å². The summed E-state index contributed by atoms with van der Waals surface area (Å²) in [7, 11) is 1.72. The Labute approximate surface area is 111 Å². The second-order valence-corrected chi connectivity index (χ2v) is 4.39. The maximum absolute atomic E-state index is 12.1. The highest BCUT2D eigenvalue weighted by Crippen LogP contribution is 2.18. The predicted molar refractivity (Wildman–Crippen MR) is 72.5 cm³/mol. The van der Waals surface area contributed by atoms with Crippen molar-refractivity contribution < 1.29 is 9.59 Å². The first-order chi connectivity index (χ1) is 9.02. The summed E-state index contributed by atoms with van der Waals surface area (Å²) in [6.45, 7) is 3.63. The van der Waals surface area contributed by atoms with Crippen LogP contribution in [0.15, 0.2) is 24.3 Å². The van der Waals surface area contributed by atoms with Crippen LogP contribution in [0.25, 0.3) is 0 Å². The van der Waals surface area contributed by atoms with Gasteiger partial charge in [-0.15, -0.1) is 0 Å². The van der Waals surface area contributed by atoms with Crippen LogP contribution in [0, 0.1) is 13.8 Å². The first-order valence-electron chi connectivity index (χ1n) is 5.89. The van der Waals surface area contributed by atoms with E-state index in [4.69, 9.17) is 0 Å². The fraction of sp³-hybridized carbons (Fsp3) is 0.214. The number of aryl methyl sites for hydroxylation is 2. The molecule has 1 aromatic carbocycles. The minimum absolute atomic E-state index is 0.241. The third-order valence-corrected chi connectivity index (χ3v) is 2.99. The minimum Gasteiger partial charge on any atom is -0.320 e. The number of amides is 1. The number of nitrogens with zero attached hydrogens (tertiary/aromatic N) is 2. The summed E-state index contributed by atoms with van der Waals surface area (Å²) >= 11 is 0. The molecule has 0 saturated carbocycles. The van der Waals surface area contributed by atoms with Gasteiger partial charge in [0.15, 0.2) is 0 Å². The third-order valence-electron chi connectivity index (χ3n) is 2.99. The molecule has 2 rings (SSSR count). The number of carbonyl (C=O) groups is 2. The Hall–Kier alpha value is -2.43. The summed E-state index contributed by atoms with van der Waals surface area (Å²) < 4.78 is 1.53. The zero-order chi connectivity index (χ0) is 14.0. The van der Waals surface area contributed by atoms with Gasteiger partial charge < -0.3 is 5.32 Å². The van der Waals surface area contributed by atoms with Crippen LogP contribution in [0.4, 0.5) is 5.69 Å². The van der Waals surface area contributed by atoms with Crippen LogP contribution in [0.2, 0.25) is 0 Å². The van der Waals surface area contributed by atoms with Gasteiger partial charge in [-0.25, -0.2) is 0 Å². The standard InChI is InChI=1S/C14H15N3O2/c1-9-7-13(17(3)16-9)14(19)15-12-6-4-5-11(8-18)10(12)2/h4-8H,1-3H3,(H,15,19). The van der Waals surface area contributed by atoms with Crippen LogP contribution in [0.1, 0.15) is 32.1 Å². The van der Waals surface area contributed by atoms with Crippen molar-refractivity contribution in [1.82, 2.24) is 9.78 Å². The van der Waals surface area contributed by atoms with Gasteiger partial charge in [-0.1, -0.05) is 12.1 Å². The summed E-state index contributed by atoms with van der Waals surface area (Å²) in [5, 5.41) is 6.93. The van der Waals surface area contributed by atoms with Crippen LogP contribution in [0.3, 0.4) is 0 Å². The molecule has 0 bridgehead atoms. The number of anilines is 1. The van der Waals surface area contributed by atoms with E-state index in [0.29, 0.717) is 16.9 Å². The summed E-state index contributed by atoms with van der Waals surface area (Å²) in [4.78, 5) is 23.0. The molecule has 19 heavy (non-hydrogen) atoms. The van der Waals surface area contributed by atoms with Gasteiger partial charge in [-0.2, -0.15) is 5.10 Å². The molecule has 0 aliphatic heterocycles. The molecule has 1 heterocycles. The molecule has 1 amide bonds. The van der Waals surface area contributed by atoms with Gasteiger partial charge >= 0.3 is 0 Å². The highest BCUT2D eigenvalue weighted by Gasteiger charge is 2.13. The Morgan fingerprint density at radius 1 is 1.37 bits per heavy atom. The van der Waals surface area contributed by atoms with E-state index in [0.717, 1.165) is 17.5 Å². The Kier molecular flexibility index (Phi) is 3.46. The molecule has 1 N–H and O–H groups in total. The van der Waals surface area contributed by atoms with Gasteiger partial charge in [0.25, 0.3) is 5.91 Å². The lowest BCUT2D eigenvalue weighted by Crippen LogP contribution is -2.17. The molecule has 2 aromatic rings. The topological polar surface area (TPSA) is 64.0 Å². The minimum atomic E-state index is -0.241. The summed E-state index contributed by atoms with van der Waals surface area (Å²) in [6.07, 6.45) is 0.777. The molecule has 0 atom stereocenters. The number of carbonyl (C=O) groups excluding carboxylic acids is 2. The number of aromatic nitrogens is 2. The smallest absolute Gasteiger partial charge is 0.273 e. The fourth-order valence-corrected chi connectivity index (χ4v) is 1.93. The third kappa shape index (κ3) is 2.54. The number of benzene rings is 1. The maximum atomic E-state index is 12.1. The molecule has 5 nitrogen and oxygen atoms in total. The van der Waals surface area contributed by atoms with E-state index >= 15 is 0 Å². The van der Waals surface area contributed by atoms with E-state index in [-0.39, 0.29) is 5.91 Å². The molecule has 0 spiro atoms. The fourth-order valence-electron chi connectivity index (χ4n) is 1.93. The summed E-state index contributed by atoms with van der Waals surface area (Å²) in [6, 6.07) is 6.94. The molecule has 0 saturated heterocycles. The van der Waals surface area contributed by atoms with Gasteiger partial charge in [0.05, 0.1) is 5.69 Å². The Morgan fingerprint density at radius 3 is 2.68 bits per heavy atom. The van der Waals surface area contributed by atoms with Gasteiger partial charge in [-0.3, -0.25) is 14.3 Å². The monoisotopic (exact) mass is 257 g/mol.